The van der Waals surface area contributed by atoms with Crippen molar-refractivity contribution in [1.82, 2.24) is 8.61 Å². The molecule has 0 amide bonds. The van der Waals surface area contributed by atoms with E-state index in [-0.39, 0.29) is 5.41 Å². The van der Waals surface area contributed by atoms with Crippen LogP contribution in [0.25, 0.3) is 0 Å². The highest BCUT2D eigenvalue weighted by atomic mass is 32.2. The second kappa shape index (κ2) is 6.78. The van der Waals surface area contributed by atoms with Gasteiger partial charge in [0.25, 0.3) is 10.2 Å². The fourth-order valence-electron chi connectivity index (χ4n) is 4.26. The average molecular weight is 368 g/mol. The first-order valence-electron chi connectivity index (χ1n) is 8.77. The lowest BCUT2D eigenvalue weighted by Crippen LogP contribution is -2.51. The number of nitrogens with zero attached hydrogens (tertiary/aromatic N) is 2. The Hall–Kier alpha value is -1.31. The maximum absolute atomic E-state index is 12.8. The SMILES string of the molecule is COc1cc2c(cc1OC)C1(CCCCC1)CN(S(=O)(=O)N(C)C)C2. The minimum absolute atomic E-state index is 0.130. The quantitative estimate of drug-likeness (QED) is 0.819. The highest BCUT2D eigenvalue weighted by Crippen LogP contribution is 2.48. The maximum Gasteiger partial charge on any atom is 0.281 e. The lowest BCUT2D eigenvalue weighted by molar-refractivity contribution is 0.199. The van der Waals surface area contributed by atoms with Crippen LogP contribution in [-0.2, 0) is 22.2 Å². The van der Waals surface area contributed by atoms with Crippen molar-refractivity contribution in [2.45, 2.75) is 44.1 Å². The molecule has 0 atom stereocenters. The highest BCUT2D eigenvalue weighted by Gasteiger charge is 2.44. The molecule has 1 saturated carbocycles. The molecule has 7 heteroatoms. The molecule has 6 nitrogen and oxygen atoms in total. The minimum atomic E-state index is -3.46. The second-order valence-corrected chi connectivity index (χ2v) is 9.41. The first-order chi connectivity index (χ1) is 11.8. The normalized spacial score (nSPS) is 20.5. The molecule has 0 aromatic heterocycles. The molecule has 1 aromatic carbocycles. The number of rotatable bonds is 4. The van der Waals surface area contributed by atoms with E-state index in [1.54, 1.807) is 32.6 Å². The van der Waals surface area contributed by atoms with Crippen molar-refractivity contribution in [1.29, 1.82) is 0 Å². The van der Waals surface area contributed by atoms with Crippen molar-refractivity contribution in [3.63, 3.8) is 0 Å². The maximum atomic E-state index is 12.8. The third kappa shape index (κ3) is 3.13. The van der Waals surface area contributed by atoms with Gasteiger partial charge < -0.3 is 9.47 Å². The van der Waals surface area contributed by atoms with Gasteiger partial charge in [0.05, 0.1) is 14.2 Å². The molecular formula is C18H28N2O4S. The molecule has 1 spiro atoms. The summed E-state index contributed by atoms with van der Waals surface area (Å²) in [5.74, 6) is 1.37. The average Bonchev–Trinajstić information content (AvgIpc) is 2.61. The van der Waals surface area contributed by atoms with E-state index in [4.69, 9.17) is 9.47 Å². The third-order valence-electron chi connectivity index (χ3n) is 5.60. The summed E-state index contributed by atoms with van der Waals surface area (Å²) in [6, 6.07) is 4.01. The number of ether oxygens (including phenoxy) is 2. The Bertz CT molecular complexity index is 740. The summed E-state index contributed by atoms with van der Waals surface area (Å²) in [7, 11) is 2.97. The van der Waals surface area contributed by atoms with E-state index in [1.165, 1.54) is 16.3 Å². The van der Waals surface area contributed by atoms with Crippen molar-refractivity contribution >= 4 is 10.2 Å². The van der Waals surface area contributed by atoms with Crippen LogP contribution >= 0.6 is 0 Å². The van der Waals surface area contributed by atoms with Gasteiger partial charge in [0, 0.05) is 32.6 Å². The Kier molecular flexibility index (Phi) is 5.01. The molecule has 1 aliphatic carbocycles. The number of fused-ring (bicyclic) bond motifs is 2. The lowest BCUT2D eigenvalue weighted by Gasteiger charge is -2.46. The lowest BCUT2D eigenvalue weighted by atomic mass is 9.66. The summed E-state index contributed by atoms with van der Waals surface area (Å²) in [5.41, 5.74) is 2.13. The molecule has 1 aromatic rings. The zero-order valence-corrected chi connectivity index (χ0v) is 16.4. The van der Waals surface area contributed by atoms with Crippen LogP contribution in [-0.4, -0.2) is 51.9 Å². The molecule has 140 valence electrons. The molecule has 2 aliphatic rings. The van der Waals surface area contributed by atoms with Crippen LogP contribution in [0.1, 0.15) is 43.2 Å². The molecule has 1 aliphatic heterocycles. The summed E-state index contributed by atoms with van der Waals surface area (Å²) in [4.78, 5) is 0. The van der Waals surface area contributed by atoms with E-state index >= 15 is 0 Å². The van der Waals surface area contributed by atoms with E-state index in [2.05, 4.69) is 6.07 Å². The van der Waals surface area contributed by atoms with Crippen LogP contribution in [0.15, 0.2) is 12.1 Å². The second-order valence-electron chi connectivity index (χ2n) is 7.26. The van der Waals surface area contributed by atoms with Crippen LogP contribution in [0.2, 0.25) is 0 Å². The van der Waals surface area contributed by atoms with Gasteiger partial charge in [0.15, 0.2) is 11.5 Å². The van der Waals surface area contributed by atoms with E-state index in [0.29, 0.717) is 18.8 Å². The number of benzene rings is 1. The molecule has 1 fully saturated rings. The van der Waals surface area contributed by atoms with Gasteiger partial charge in [-0.05, 0) is 36.1 Å². The predicted octanol–water partition coefficient (Wildman–Crippen LogP) is 2.53. The van der Waals surface area contributed by atoms with Gasteiger partial charge in [-0.2, -0.15) is 17.0 Å². The van der Waals surface area contributed by atoms with E-state index in [0.717, 1.165) is 37.0 Å². The molecule has 0 radical (unpaired) electrons. The predicted molar refractivity (Wildman–Crippen MR) is 97.3 cm³/mol. The van der Waals surface area contributed by atoms with Crippen molar-refractivity contribution in [2.24, 2.45) is 0 Å². The van der Waals surface area contributed by atoms with Gasteiger partial charge in [0.1, 0.15) is 0 Å². The first-order valence-corrected chi connectivity index (χ1v) is 10.2. The van der Waals surface area contributed by atoms with Crippen molar-refractivity contribution in [3.8, 4) is 11.5 Å². The van der Waals surface area contributed by atoms with Crippen molar-refractivity contribution in [3.05, 3.63) is 23.3 Å². The smallest absolute Gasteiger partial charge is 0.281 e. The Labute approximate surface area is 150 Å². The van der Waals surface area contributed by atoms with Crippen LogP contribution in [0, 0.1) is 0 Å². The first kappa shape index (κ1) is 18.5. The molecule has 0 unspecified atom stereocenters. The number of methoxy groups -OCH3 is 2. The zero-order valence-electron chi connectivity index (χ0n) is 15.5. The molecule has 1 heterocycles. The molecule has 0 saturated heterocycles. The van der Waals surface area contributed by atoms with Crippen molar-refractivity contribution in [2.75, 3.05) is 34.9 Å². The van der Waals surface area contributed by atoms with Gasteiger partial charge in [-0.15, -0.1) is 0 Å². The standard InChI is InChI=1S/C18H28N2O4S/c1-19(2)25(21,22)20-12-14-10-16(23-3)17(24-4)11-15(14)18(13-20)8-6-5-7-9-18/h10-11H,5-9,12-13H2,1-4H3. The summed E-state index contributed by atoms with van der Waals surface area (Å²) in [6.45, 7) is 0.911. The van der Waals surface area contributed by atoms with Crippen LogP contribution in [0.3, 0.4) is 0 Å². The molecule has 3 rings (SSSR count). The van der Waals surface area contributed by atoms with Crippen LogP contribution < -0.4 is 9.47 Å². The van der Waals surface area contributed by atoms with Gasteiger partial charge in [-0.3, -0.25) is 0 Å². The number of hydrogen-bond donors (Lipinski definition) is 0. The zero-order chi connectivity index (χ0) is 18.2. The van der Waals surface area contributed by atoms with Gasteiger partial charge in [-0.1, -0.05) is 19.3 Å². The Morgan fingerprint density at radius 2 is 1.64 bits per heavy atom. The number of hydrogen-bond acceptors (Lipinski definition) is 4. The summed E-state index contributed by atoms with van der Waals surface area (Å²) in [5, 5.41) is 0. The molecule has 25 heavy (non-hydrogen) atoms. The molecule has 0 N–H and O–H groups in total. The minimum Gasteiger partial charge on any atom is -0.493 e. The van der Waals surface area contributed by atoms with Crippen LogP contribution in [0.4, 0.5) is 0 Å². The Morgan fingerprint density at radius 3 is 2.20 bits per heavy atom. The van der Waals surface area contributed by atoms with E-state index < -0.39 is 10.2 Å². The molecular weight excluding hydrogens is 340 g/mol. The fraction of sp³-hybridized carbons (Fsp3) is 0.667. The van der Waals surface area contributed by atoms with Gasteiger partial charge >= 0.3 is 0 Å². The van der Waals surface area contributed by atoms with Gasteiger partial charge in [0.2, 0.25) is 0 Å². The monoisotopic (exact) mass is 368 g/mol. The third-order valence-corrected chi connectivity index (χ3v) is 7.44. The highest BCUT2D eigenvalue weighted by molar-refractivity contribution is 7.86. The largest absolute Gasteiger partial charge is 0.493 e. The van der Waals surface area contributed by atoms with Gasteiger partial charge in [-0.25, -0.2) is 0 Å². The Morgan fingerprint density at radius 1 is 1.04 bits per heavy atom. The topological polar surface area (TPSA) is 59.1 Å². The van der Waals surface area contributed by atoms with Crippen molar-refractivity contribution < 1.29 is 17.9 Å². The Balaban J connectivity index is 2.13. The summed E-state index contributed by atoms with van der Waals surface area (Å²) >= 11 is 0. The van der Waals surface area contributed by atoms with Crippen LogP contribution in [0.5, 0.6) is 11.5 Å². The fourth-order valence-corrected chi connectivity index (χ4v) is 5.44. The summed E-state index contributed by atoms with van der Waals surface area (Å²) in [6.07, 6.45) is 5.49. The molecule has 0 bridgehead atoms. The van der Waals surface area contributed by atoms with E-state index in [1.807, 2.05) is 6.07 Å². The summed E-state index contributed by atoms with van der Waals surface area (Å²) < 4.78 is 39.5. The van der Waals surface area contributed by atoms with E-state index in [9.17, 15) is 8.42 Å².